The maximum Gasteiger partial charge on any atom is 0.123 e. The maximum absolute atomic E-state index is 12.8. The molecule has 90 valence electrons. The van der Waals surface area contributed by atoms with Gasteiger partial charge in [0.25, 0.3) is 0 Å². The van der Waals surface area contributed by atoms with Crippen LogP contribution in [0.2, 0.25) is 0 Å². The van der Waals surface area contributed by atoms with E-state index in [0.29, 0.717) is 6.54 Å². The fourth-order valence-corrected chi connectivity index (χ4v) is 1.83. The molecule has 1 atom stereocenters. The Bertz CT molecular complexity index is 500. The molecular formula is C13H16FN3. The Morgan fingerprint density at radius 1 is 1.35 bits per heavy atom. The average Bonchev–Trinajstić information content (AvgIpc) is 2.64. The molecule has 0 aliphatic rings. The predicted molar refractivity (Wildman–Crippen MR) is 65.1 cm³/mol. The van der Waals surface area contributed by atoms with Crippen molar-refractivity contribution >= 4 is 0 Å². The summed E-state index contributed by atoms with van der Waals surface area (Å²) >= 11 is 0. The summed E-state index contributed by atoms with van der Waals surface area (Å²) in [6.45, 7) is 4.57. The van der Waals surface area contributed by atoms with Gasteiger partial charge in [-0.3, -0.25) is 4.68 Å². The molecule has 1 unspecified atom stereocenters. The highest BCUT2D eigenvalue weighted by Crippen LogP contribution is 2.15. The van der Waals surface area contributed by atoms with E-state index in [1.165, 1.54) is 12.1 Å². The van der Waals surface area contributed by atoms with Gasteiger partial charge >= 0.3 is 0 Å². The van der Waals surface area contributed by atoms with Gasteiger partial charge in [0.1, 0.15) is 5.82 Å². The third-order valence-electron chi connectivity index (χ3n) is 2.88. The van der Waals surface area contributed by atoms with Crippen molar-refractivity contribution in [2.75, 3.05) is 0 Å². The molecule has 1 aromatic heterocycles. The summed E-state index contributed by atoms with van der Waals surface area (Å²) in [6.07, 6.45) is 1.80. The summed E-state index contributed by atoms with van der Waals surface area (Å²) in [7, 11) is 0. The van der Waals surface area contributed by atoms with Crippen molar-refractivity contribution < 1.29 is 4.39 Å². The number of benzene rings is 1. The lowest BCUT2D eigenvalue weighted by Crippen LogP contribution is -2.08. The highest BCUT2D eigenvalue weighted by atomic mass is 19.1. The summed E-state index contributed by atoms with van der Waals surface area (Å²) < 4.78 is 14.7. The van der Waals surface area contributed by atoms with Crippen LogP contribution in [0.5, 0.6) is 0 Å². The first kappa shape index (κ1) is 11.8. The SMILES string of the molecule is Cc1c(C(C)N)cnn1Cc1ccc(F)cc1. The molecule has 1 aromatic carbocycles. The standard InChI is InChI=1S/C13H16FN3/c1-9(15)13-7-16-17(10(13)2)8-11-3-5-12(14)6-4-11/h3-7,9H,8,15H2,1-2H3. The van der Waals surface area contributed by atoms with Crippen molar-refractivity contribution in [1.82, 2.24) is 9.78 Å². The predicted octanol–water partition coefficient (Wildman–Crippen LogP) is 2.40. The summed E-state index contributed by atoms with van der Waals surface area (Å²) in [6, 6.07) is 6.43. The van der Waals surface area contributed by atoms with E-state index in [0.717, 1.165) is 16.8 Å². The van der Waals surface area contributed by atoms with E-state index in [2.05, 4.69) is 5.10 Å². The van der Waals surface area contributed by atoms with Crippen LogP contribution in [0.25, 0.3) is 0 Å². The molecule has 0 amide bonds. The van der Waals surface area contributed by atoms with E-state index in [4.69, 9.17) is 5.73 Å². The molecule has 3 nitrogen and oxygen atoms in total. The van der Waals surface area contributed by atoms with Crippen molar-refractivity contribution in [1.29, 1.82) is 0 Å². The lowest BCUT2D eigenvalue weighted by molar-refractivity contribution is 0.623. The highest BCUT2D eigenvalue weighted by molar-refractivity contribution is 5.22. The fraction of sp³-hybridized carbons (Fsp3) is 0.308. The monoisotopic (exact) mass is 233 g/mol. The van der Waals surface area contributed by atoms with Gasteiger partial charge in [-0.05, 0) is 31.5 Å². The highest BCUT2D eigenvalue weighted by Gasteiger charge is 2.09. The molecule has 0 bridgehead atoms. The van der Waals surface area contributed by atoms with E-state index in [9.17, 15) is 4.39 Å². The topological polar surface area (TPSA) is 43.8 Å². The van der Waals surface area contributed by atoms with Crippen molar-refractivity contribution in [3.8, 4) is 0 Å². The first-order chi connectivity index (χ1) is 8.08. The molecule has 2 N–H and O–H groups in total. The van der Waals surface area contributed by atoms with E-state index < -0.39 is 0 Å². The molecule has 0 aliphatic carbocycles. The van der Waals surface area contributed by atoms with E-state index in [1.807, 2.05) is 18.5 Å². The minimum atomic E-state index is -0.220. The van der Waals surface area contributed by atoms with Crippen LogP contribution in [-0.4, -0.2) is 9.78 Å². The van der Waals surface area contributed by atoms with E-state index in [1.54, 1.807) is 18.3 Å². The first-order valence-electron chi connectivity index (χ1n) is 5.60. The maximum atomic E-state index is 12.8. The third kappa shape index (κ3) is 2.53. The average molecular weight is 233 g/mol. The molecule has 2 rings (SSSR count). The van der Waals surface area contributed by atoms with E-state index in [-0.39, 0.29) is 11.9 Å². The van der Waals surface area contributed by atoms with Gasteiger partial charge in [0, 0.05) is 17.3 Å². The molecule has 0 radical (unpaired) electrons. The number of aromatic nitrogens is 2. The minimum Gasteiger partial charge on any atom is -0.324 e. The molecule has 2 aromatic rings. The molecule has 0 aliphatic heterocycles. The Labute approximate surface area is 100 Å². The molecule has 0 saturated heterocycles. The third-order valence-corrected chi connectivity index (χ3v) is 2.88. The lowest BCUT2D eigenvalue weighted by Gasteiger charge is -2.07. The molecule has 17 heavy (non-hydrogen) atoms. The smallest absolute Gasteiger partial charge is 0.123 e. The molecule has 4 heteroatoms. The first-order valence-corrected chi connectivity index (χ1v) is 5.60. The van der Waals surface area contributed by atoms with Crippen molar-refractivity contribution in [3.05, 3.63) is 53.1 Å². The normalized spacial score (nSPS) is 12.7. The van der Waals surface area contributed by atoms with Crippen LogP contribution in [0.1, 0.15) is 29.8 Å². The molecule has 0 saturated carbocycles. The lowest BCUT2D eigenvalue weighted by atomic mass is 10.1. The number of nitrogens with zero attached hydrogens (tertiary/aromatic N) is 2. The molecular weight excluding hydrogens is 217 g/mol. The zero-order chi connectivity index (χ0) is 12.4. The second-order valence-electron chi connectivity index (χ2n) is 4.26. The molecule has 1 heterocycles. The number of nitrogens with two attached hydrogens (primary N) is 1. The number of hydrogen-bond donors (Lipinski definition) is 1. The number of hydrogen-bond acceptors (Lipinski definition) is 2. The fourth-order valence-electron chi connectivity index (χ4n) is 1.83. The van der Waals surface area contributed by atoms with Crippen molar-refractivity contribution in [2.24, 2.45) is 5.73 Å². The van der Waals surface area contributed by atoms with E-state index >= 15 is 0 Å². The summed E-state index contributed by atoms with van der Waals surface area (Å²) in [5, 5.41) is 4.30. The van der Waals surface area contributed by atoms with Gasteiger partial charge in [0.05, 0.1) is 12.7 Å². The van der Waals surface area contributed by atoms with Gasteiger partial charge < -0.3 is 5.73 Å². The van der Waals surface area contributed by atoms with Crippen LogP contribution in [0.15, 0.2) is 30.5 Å². The Balaban J connectivity index is 2.22. The van der Waals surface area contributed by atoms with Crippen LogP contribution in [-0.2, 0) is 6.54 Å². The number of rotatable bonds is 3. The second-order valence-corrected chi connectivity index (χ2v) is 4.26. The van der Waals surface area contributed by atoms with Crippen molar-refractivity contribution in [3.63, 3.8) is 0 Å². The van der Waals surface area contributed by atoms with Crippen LogP contribution >= 0.6 is 0 Å². The Morgan fingerprint density at radius 3 is 2.53 bits per heavy atom. The zero-order valence-electron chi connectivity index (χ0n) is 10.0. The Morgan fingerprint density at radius 2 is 2.00 bits per heavy atom. The second kappa shape index (κ2) is 4.67. The summed E-state index contributed by atoms with van der Waals surface area (Å²) in [4.78, 5) is 0. The Hall–Kier alpha value is -1.68. The Kier molecular flexibility index (Phi) is 3.24. The van der Waals surface area contributed by atoms with Crippen LogP contribution in [0, 0.1) is 12.7 Å². The van der Waals surface area contributed by atoms with Crippen molar-refractivity contribution in [2.45, 2.75) is 26.4 Å². The quantitative estimate of drug-likeness (QED) is 0.884. The zero-order valence-corrected chi connectivity index (χ0v) is 10.0. The van der Waals surface area contributed by atoms with Crippen LogP contribution in [0.3, 0.4) is 0 Å². The van der Waals surface area contributed by atoms with Gasteiger partial charge in [-0.1, -0.05) is 12.1 Å². The number of halogens is 1. The van der Waals surface area contributed by atoms with Gasteiger partial charge in [-0.25, -0.2) is 4.39 Å². The van der Waals surface area contributed by atoms with Gasteiger partial charge in [0.2, 0.25) is 0 Å². The van der Waals surface area contributed by atoms with Crippen LogP contribution < -0.4 is 5.73 Å². The van der Waals surface area contributed by atoms with Crippen LogP contribution in [0.4, 0.5) is 4.39 Å². The molecule has 0 fully saturated rings. The van der Waals surface area contributed by atoms with Gasteiger partial charge in [0.15, 0.2) is 0 Å². The molecule has 0 spiro atoms. The summed E-state index contributed by atoms with van der Waals surface area (Å²) in [5.41, 5.74) is 8.97. The minimum absolute atomic E-state index is 0.0167. The largest absolute Gasteiger partial charge is 0.324 e. The van der Waals surface area contributed by atoms with Gasteiger partial charge in [-0.2, -0.15) is 5.10 Å². The van der Waals surface area contributed by atoms with Gasteiger partial charge in [-0.15, -0.1) is 0 Å². The summed E-state index contributed by atoms with van der Waals surface area (Å²) in [5.74, 6) is -0.220.